The Morgan fingerprint density at radius 1 is 1.12 bits per heavy atom. The van der Waals surface area contributed by atoms with Crippen LogP contribution in [0.5, 0.6) is 0 Å². The van der Waals surface area contributed by atoms with Crippen LogP contribution >= 0.6 is 23.4 Å². The number of carbonyl (C=O) groups is 1. The number of fused-ring (bicyclic) bond motifs is 2. The van der Waals surface area contributed by atoms with Crippen molar-refractivity contribution in [2.75, 3.05) is 0 Å². The maximum atomic E-state index is 12.9. The van der Waals surface area contributed by atoms with Crippen molar-refractivity contribution in [2.24, 2.45) is 16.0 Å². The lowest BCUT2D eigenvalue weighted by Gasteiger charge is -2.20. The van der Waals surface area contributed by atoms with Gasteiger partial charge in [0.1, 0.15) is 5.04 Å². The molecular weight excluding hydrogens is 466 g/mol. The third kappa shape index (κ3) is 4.10. The van der Waals surface area contributed by atoms with Crippen molar-refractivity contribution < 1.29 is 4.79 Å². The standard InChI is InChI=1S/C26H24ClN5OS/c1-3-17(4-2)25-30-32-23(28)21(24(33)29-26(32)34-25)13-18-15-31(22-8-6-5-7-20(18)22)14-16-9-11-19(27)12-10-16/h5-13,15,17,28H,3-4,14H2,1-2H3. The number of hydrogen-bond acceptors (Lipinski definition) is 4. The molecule has 5 rings (SSSR count). The molecule has 0 saturated carbocycles. The number of amidine groups is 2. The van der Waals surface area contributed by atoms with Gasteiger partial charge in [0.15, 0.2) is 5.84 Å². The van der Waals surface area contributed by atoms with E-state index in [1.165, 1.54) is 16.8 Å². The SMILES string of the molecule is CCC(CC)C1=NN2C(=N)C(=Cc3cn(Cc4ccc(Cl)cc4)c4ccccc34)C(=O)N=C2S1. The second kappa shape index (κ2) is 9.24. The maximum absolute atomic E-state index is 12.9. The lowest BCUT2D eigenvalue weighted by molar-refractivity contribution is -0.114. The fraction of sp³-hybridized carbons (Fsp3) is 0.231. The molecule has 0 aliphatic carbocycles. The van der Waals surface area contributed by atoms with Crippen molar-refractivity contribution in [3.63, 3.8) is 0 Å². The molecule has 0 radical (unpaired) electrons. The summed E-state index contributed by atoms with van der Waals surface area (Å²) in [6, 6.07) is 15.8. The number of amides is 1. The molecule has 2 aromatic carbocycles. The minimum absolute atomic E-state index is 0.0676. The number of nitrogens with one attached hydrogen (secondary N) is 1. The van der Waals surface area contributed by atoms with Crippen LogP contribution < -0.4 is 0 Å². The van der Waals surface area contributed by atoms with Crippen LogP contribution in [0.25, 0.3) is 17.0 Å². The van der Waals surface area contributed by atoms with Crippen molar-refractivity contribution in [1.82, 2.24) is 9.58 Å². The maximum Gasteiger partial charge on any atom is 0.283 e. The molecule has 0 saturated heterocycles. The molecule has 3 heterocycles. The summed E-state index contributed by atoms with van der Waals surface area (Å²) in [6.45, 7) is 4.91. The van der Waals surface area contributed by atoms with Crippen LogP contribution in [-0.4, -0.2) is 31.5 Å². The highest BCUT2D eigenvalue weighted by atomic mass is 35.5. The Kier molecular flexibility index (Phi) is 6.15. The first-order chi connectivity index (χ1) is 16.5. The van der Waals surface area contributed by atoms with Gasteiger partial charge in [-0.2, -0.15) is 15.1 Å². The normalized spacial score (nSPS) is 17.1. The van der Waals surface area contributed by atoms with Crippen LogP contribution in [0, 0.1) is 11.3 Å². The first-order valence-corrected chi connectivity index (χ1v) is 12.5. The Balaban J connectivity index is 1.52. The van der Waals surface area contributed by atoms with Crippen molar-refractivity contribution in [3.05, 3.63) is 76.5 Å². The number of halogens is 1. The molecule has 1 aromatic heterocycles. The summed E-state index contributed by atoms with van der Waals surface area (Å²) in [5, 5.41) is 18.0. The van der Waals surface area contributed by atoms with E-state index in [1.54, 1.807) is 6.08 Å². The quantitative estimate of drug-likeness (QED) is 0.407. The molecule has 2 aliphatic heterocycles. The first-order valence-electron chi connectivity index (χ1n) is 11.3. The number of aliphatic imine (C=N–C) groups is 1. The van der Waals surface area contributed by atoms with Gasteiger partial charge < -0.3 is 4.57 Å². The molecule has 0 bridgehead atoms. The van der Waals surface area contributed by atoms with Crippen molar-refractivity contribution in [1.29, 1.82) is 5.41 Å². The highest BCUT2D eigenvalue weighted by Crippen LogP contribution is 2.33. The van der Waals surface area contributed by atoms with Crippen LogP contribution in [0.3, 0.4) is 0 Å². The molecule has 34 heavy (non-hydrogen) atoms. The molecule has 172 valence electrons. The average molecular weight is 490 g/mol. The van der Waals surface area contributed by atoms with E-state index in [1.807, 2.05) is 48.7 Å². The Morgan fingerprint density at radius 2 is 1.85 bits per heavy atom. The molecule has 0 spiro atoms. The van der Waals surface area contributed by atoms with E-state index in [0.29, 0.717) is 22.7 Å². The van der Waals surface area contributed by atoms with E-state index < -0.39 is 5.91 Å². The fourth-order valence-corrected chi connectivity index (χ4v) is 5.56. The van der Waals surface area contributed by atoms with E-state index in [9.17, 15) is 4.79 Å². The predicted molar refractivity (Wildman–Crippen MR) is 142 cm³/mol. The molecule has 1 N–H and O–H groups in total. The van der Waals surface area contributed by atoms with Gasteiger partial charge in [-0.25, -0.2) is 0 Å². The molecule has 0 unspecified atom stereocenters. The third-order valence-electron chi connectivity index (χ3n) is 6.19. The number of para-hydroxylation sites is 1. The van der Waals surface area contributed by atoms with Gasteiger partial charge in [-0.1, -0.05) is 55.8 Å². The number of nitrogens with zero attached hydrogens (tertiary/aromatic N) is 4. The number of hydrazone groups is 1. The summed E-state index contributed by atoms with van der Waals surface area (Å²) >= 11 is 7.44. The Morgan fingerprint density at radius 3 is 2.59 bits per heavy atom. The number of carbonyl (C=O) groups excluding carboxylic acids is 1. The number of benzene rings is 2. The number of thioether (sulfide) groups is 1. The molecule has 8 heteroatoms. The first kappa shape index (κ1) is 22.6. The average Bonchev–Trinajstić information content (AvgIpc) is 3.41. The van der Waals surface area contributed by atoms with E-state index in [-0.39, 0.29) is 11.4 Å². The van der Waals surface area contributed by atoms with Gasteiger partial charge >= 0.3 is 0 Å². The monoisotopic (exact) mass is 489 g/mol. The molecule has 0 fully saturated rings. The Labute approximate surface area is 207 Å². The zero-order valence-corrected chi connectivity index (χ0v) is 20.5. The van der Waals surface area contributed by atoms with Gasteiger partial charge in [0, 0.05) is 40.1 Å². The van der Waals surface area contributed by atoms with Crippen LogP contribution in [0.1, 0.15) is 37.8 Å². The lowest BCUT2D eigenvalue weighted by atomic mass is 10.1. The van der Waals surface area contributed by atoms with Gasteiger partial charge in [0.25, 0.3) is 5.91 Å². The summed E-state index contributed by atoms with van der Waals surface area (Å²) in [7, 11) is 0. The van der Waals surface area contributed by atoms with E-state index >= 15 is 0 Å². The summed E-state index contributed by atoms with van der Waals surface area (Å²) in [5.41, 5.74) is 3.28. The second-order valence-corrected chi connectivity index (χ2v) is 9.75. The van der Waals surface area contributed by atoms with Gasteiger partial charge in [-0.05, 0) is 54.4 Å². The molecule has 0 atom stereocenters. The van der Waals surface area contributed by atoms with Gasteiger partial charge in [0.2, 0.25) is 5.17 Å². The zero-order chi connectivity index (χ0) is 23.8. The highest BCUT2D eigenvalue weighted by Gasteiger charge is 2.37. The Bertz CT molecular complexity index is 1380. The summed E-state index contributed by atoms with van der Waals surface area (Å²) in [4.78, 5) is 17.2. The van der Waals surface area contributed by atoms with Crippen LogP contribution in [-0.2, 0) is 11.3 Å². The fourth-order valence-electron chi connectivity index (χ4n) is 4.27. The van der Waals surface area contributed by atoms with Crippen LogP contribution in [0.15, 0.2) is 70.4 Å². The smallest absolute Gasteiger partial charge is 0.283 e. The lowest BCUT2D eigenvalue weighted by Crippen LogP contribution is -2.35. The second-order valence-electron chi connectivity index (χ2n) is 8.33. The van der Waals surface area contributed by atoms with Crippen molar-refractivity contribution in [3.8, 4) is 0 Å². The molecule has 2 aliphatic rings. The zero-order valence-electron chi connectivity index (χ0n) is 19.0. The third-order valence-corrected chi connectivity index (χ3v) is 7.51. The number of aromatic nitrogens is 1. The van der Waals surface area contributed by atoms with Crippen molar-refractivity contribution in [2.45, 2.75) is 33.2 Å². The van der Waals surface area contributed by atoms with Gasteiger partial charge in [0.05, 0.1) is 5.57 Å². The van der Waals surface area contributed by atoms with E-state index in [4.69, 9.17) is 17.0 Å². The summed E-state index contributed by atoms with van der Waals surface area (Å²) < 4.78 is 2.14. The minimum atomic E-state index is -0.403. The Hall–Kier alpha value is -3.16. The van der Waals surface area contributed by atoms with Crippen LogP contribution in [0.4, 0.5) is 0 Å². The predicted octanol–water partition coefficient (Wildman–Crippen LogP) is 6.40. The van der Waals surface area contributed by atoms with E-state index in [0.717, 1.165) is 39.9 Å². The van der Waals surface area contributed by atoms with Crippen molar-refractivity contribution >= 4 is 62.3 Å². The van der Waals surface area contributed by atoms with E-state index in [2.05, 4.69) is 34.6 Å². The number of rotatable bonds is 6. The number of hydrogen-bond donors (Lipinski definition) is 1. The minimum Gasteiger partial charge on any atom is -0.342 e. The molecular formula is C26H24ClN5OS. The van der Waals surface area contributed by atoms with Crippen LogP contribution in [0.2, 0.25) is 5.02 Å². The molecule has 3 aromatic rings. The largest absolute Gasteiger partial charge is 0.342 e. The summed E-state index contributed by atoms with van der Waals surface area (Å²) in [6.07, 6.45) is 5.70. The van der Waals surface area contributed by atoms with Gasteiger partial charge in [-0.15, -0.1) is 0 Å². The summed E-state index contributed by atoms with van der Waals surface area (Å²) in [5.74, 6) is -0.0308. The molecule has 6 nitrogen and oxygen atoms in total. The molecule has 1 amide bonds. The van der Waals surface area contributed by atoms with Gasteiger partial charge in [-0.3, -0.25) is 10.2 Å². The highest BCUT2D eigenvalue weighted by molar-refractivity contribution is 8.27. The topological polar surface area (TPSA) is 73.8 Å².